The Kier molecular flexibility index (Phi) is 5.49. The van der Waals surface area contributed by atoms with E-state index in [-0.39, 0.29) is 0 Å². The number of nitrogens with zero attached hydrogens (tertiary/aromatic N) is 2. The molecule has 1 saturated heterocycles. The number of ether oxygens (including phenoxy) is 1. The zero-order valence-corrected chi connectivity index (χ0v) is 13.8. The Morgan fingerprint density at radius 1 is 1.00 bits per heavy atom. The molecular formula is C19H26N2O2. The molecule has 1 heterocycles. The van der Waals surface area contributed by atoms with Gasteiger partial charge in [-0.05, 0) is 29.4 Å². The summed E-state index contributed by atoms with van der Waals surface area (Å²) in [6.45, 7) is 8.58. The Bertz CT molecular complexity index is 624. The van der Waals surface area contributed by atoms with Crippen molar-refractivity contribution in [1.29, 1.82) is 0 Å². The molecule has 1 N–H and O–H groups in total. The standard InChI is InChI=1S/C19H26N2O2/c1-2-20-9-11-21(12-10-20)14-18(22)15-23-19-8-7-16-5-3-4-6-17(16)13-19/h3-8,13,18,22H,2,9-12,14-15H2,1H3. The molecule has 1 unspecified atom stereocenters. The first kappa shape index (κ1) is 16.2. The molecule has 0 aliphatic carbocycles. The maximum absolute atomic E-state index is 10.2. The van der Waals surface area contributed by atoms with Gasteiger partial charge in [0.15, 0.2) is 0 Å². The van der Waals surface area contributed by atoms with E-state index in [1.54, 1.807) is 0 Å². The van der Waals surface area contributed by atoms with E-state index in [1.165, 1.54) is 5.39 Å². The van der Waals surface area contributed by atoms with Gasteiger partial charge in [-0.1, -0.05) is 37.3 Å². The topological polar surface area (TPSA) is 35.9 Å². The van der Waals surface area contributed by atoms with Crippen LogP contribution in [0.25, 0.3) is 10.8 Å². The van der Waals surface area contributed by atoms with Crippen LogP contribution in [-0.2, 0) is 0 Å². The van der Waals surface area contributed by atoms with Crippen LogP contribution in [0, 0.1) is 0 Å². The number of aliphatic hydroxyl groups is 1. The summed E-state index contributed by atoms with van der Waals surface area (Å²) in [6, 6.07) is 14.3. The van der Waals surface area contributed by atoms with E-state index in [1.807, 2.05) is 24.3 Å². The first-order chi connectivity index (χ1) is 11.2. The van der Waals surface area contributed by atoms with Crippen LogP contribution in [0.4, 0.5) is 0 Å². The van der Waals surface area contributed by atoms with Gasteiger partial charge in [0.25, 0.3) is 0 Å². The number of fused-ring (bicyclic) bond motifs is 1. The van der Waals surface area contributed by atoms with Crippen molar-refractivity contribution in [3.8, 4) is 5.75 Å². The van der Waals surface area contributed by atoms with Gasteiger partial charge in [0.05, 0.1) is 0 Å². The van der Waals surface area contributed by atoms with Gasteiger partial charge in [0.1, 0.15) is 18.5 Å². The molecule has 1 aliphatic heterocycles. The predicted octanol–water partition coefficient (Wildman–Crippen LogP) is 2.22. The maximum atomic E-state index is 10.2. The average Bonchev–Trinajstić information content (AvgIpc) is 2.60. The first-order valence-corrected chi connectivity index (χ1v) is 8.49. The maximum Gasteiger partial charge on any atom is 0.120 e. The Morgan fingerprint density at radius 2 is 1.70 bits per heavy atom. The third-order valence-corrected chi connectivity index (χ3v) is 4.54. The molecule has 4 heteroatoms. The van der Waals surface area contributed by atoms with E-state index in [4.69, 9.17) is 4.74 Å². The number of aliphatic hydroxyl groups excluding tert-OH is 1. The molecule has 0 spiro atoms. The lowest BCUT2D eigenvalue weighted by molar-refractivity contribution is 0.0471. The molecule has 0 saturated carbocycles. The quantitative estimate of drug-likeness (QED) is 0.887. The Morgan fingerprint density at radius 3 is 2.43 bits per heavy atom. The zero-order valence-electron chi connectivity index (χ0n) is 13.8. The van der Waals surface area contributed by atoms with Crippen molar-refractivity contribution in [3.63, 3.8) is 0 Å². The zero-order chi connectivity index (χ0) is 16.1. The second kappa shape index (κ2) is 7.77. The number of hydrogen-bond donors (Lipinski definition) is 1. The van der Waals surface area contributed by atoms with Crippen molar-refractivity contribution in [1.82, 2.24) is 9.80 Å². The van der Waals surface area contributed by atoms with Gasteiger partial charge in [-0.25, -0.2) is 0 Å². The van der Waals surface area contributed by atoms with Crippen molar-refractivity contribution >= 4 is 10.8 Å². The lowest BCUT2D eigenvalue weighted by Crippen LogP contribution is -2.49. The molecular weight excluding hydrogens is 288 g/mol. The summed E-state index contributed by atoms with van der Waals surface area (Å²) in [5.41, 5.74) is 0. The SMILES string of the molecule is CCN1CCN(CC(O)COc2ccc3ccccc3c2)CC1. The summed E-state index contributed by atoms with van der Waals surface area (Å²) in [4.78, 5) is 4.76. The lowest BCUT2D eigenvalue weighted by atomic mass is 10.1. The van der Waals surface area contributed by atoms with Gasteiger partial charge in [0.2, 0.25) is 0 Å². The van der Waals surface area contributed by atoms with E-state index in [0.29, 0.717) is 13.2 Å². The average molecular weight is 314 g/mol. The molecule has 124 valence electrons. The molecule has 0 bridgehead atoms. The van der Waals surface area contributed by atoms with E-state index >= 15 is 0 Å². The normalized spacial score (nSPS) is 18.2. The van der Waals surface area contributed by atoms with Gasteiger partial charge in [-0.15, -0.1) is 0 Å². The van der Waals surface area contributed by atoms with Crippen molar-refractivity contribution in [2.45, 2.75) is 13.0 Å². The molecule has 1 aliphatic rings. The van der Waals surface area contributed by atoms with Crippen LogP contribution in [0.2, 0.25) is 0 Å². The second-order valence-corrected chi connectivity index (χ2v) is 6.21. The summed E-state index contributed by atoms with van der Waals surface area (Å²) in [5.74, 6) is 0.818. The van der Waals surface area contributed by atoms with Crippen LogP contribution in [0.3, 0.4) is 0 Å². The van der Waals surface area contributed by atoms with Crippen molar-refractivity contribution in [2.24, 2.45) is 0 Å². The van der Waals surface area contributed by atoms with Crippen LogP contribution >= 0.6 is 0 Å². The van der Waals surface area contributed by atoms with E-state index in [9.17, 15) is 5.11 Å². The first-order valence-electron chi connectivity index (χ1n) is 8.49. The number of hydrogen-bond acceptors (Lipinski definition) is 4. The molecule has 1 fully saturated rings. The fourth-order valence-corrected chi connectivity index (χ4v) is 3.09. The molecule has 1 atom stereocenters. The van der Waals surface area contributed by atoms with Gasteiger partial charge in [0, 0.05) is 32.7 Å². The number of piperazine rings is 1. The molecule has 2 aromatic carbocycles. The Balaban J connectivity index is 1.47. The van der Waals surface area contributed by atoms with Gasteiger partial charge in [-0.3, -0.25) is 4.90 Å². The van der Waals surface area contributed by atoms with Crippen LogP contribution in [0.5, 0.6) is 5.75 Å². The van der Waals surface area contributed by atoms with Gasteiger partial charge >= 0.3 is 0 Å². The van der Waals surface area contributed by atoms with Crippen molar-refractivity contribution in [2.75, 3.05) is 45.9 Å². The highest BCUT2D eigenvalue weighted by Crippen LogP contribution is 2.20. The Labute approximate surface area is 138 Å². The molecule has 4 nitrogen and oxygen atoms in total. The highest BCUT2D eigenvalue weighted by molar-refractivity contribution is 5.83. The summed E-state index contributed by atoms with van der Waals surface area (Å²) in [6.07, 6.45) is -0.449. The minimum absolute atomic E-state index is 0.340. The van der Waals surface area contributed by atoms with Crippen LogP contribution in [0.15, 0.2) is 42.5 Å². The van der Waals surface area contributed by atoms with Crippen LogP contribution < -0.4 is 4.74 Å². The third-order valence-electron chi connectivity index (χ3n) is 4.54. The number of benzene rings is 2. The van der Waals surface area contributed by atoms with E-state index in [2.05, 4.69) is 34.9 Å². The van der Waals surface area contributed by atoms with Gasteiger partial charge < -0.3 is 14.7 Å². The number of β-amino-alcohol motifs (C(OH)–C–C–N with tert-alkyl or cyclic N) is 1. The lowest BCUT2D eigenvalue weighted by Gasteiger charge is -2.34. The van der Waals surface area contributed by atoms with Crippen LogP contribution in [0.1, 0.15) is 6.92 Å². The third kappa shape index (κ3) is 4.44. The summed E-state index contributed by atoms with van der Waals surface area (Å²) >= 11 is 0. The molecule has 0 radical (unpaired) electrons. The van der Waals surface area contributed by atoms with Crippen LogP contribution in [-0.4, -0.2) is 66.9 Å². The summed E-state index contributed by atoms with van der Waals surface area (Å²) in [7, 11) is 0. The smallest absolute Gasteiger partial charge is 0.120 e. The van der Waals surface area contributed by atoms with Gasteiger partial charge in [-0.2, -0.15) is 0 Å². The summed E-state index contributed by atoms with van der Waals surface area (Å²) in [5, 5.41) is 12.6. The van der Waals surface area contributed by atoms with Crippen molar-refractivity contribution in [3.05, 3.63) is 42.5 Å². The highest BCUT2D eigenvalue weighted by Gasteiger charge is 2.18. The minimum atomic E-state index is -0.449. The molecule has 2 aromatic rings. The minimum Gasteiger partial charge on any atom is -0.491 e. The fourth-order valence-electron chi connectivity index (χ4n) is 3.09. The Hall–Kier alpha value is -1.62. The second-order valence-electron chi connectivity index (χ2n) is 6.21. The molecule has 0 aromatic heterocycles. The fraction of sp³-hybridized carbons (Fsp3) is 0.474. The number of likely N-dealkylation sites (N-methyl/N-ethyl adjacent to an activating group) is 1. The monoisotopic (exact) mass is 314 g/mol. The largest absolute Gasteiger partial charge is 0.491 e. The molecule has 23 heavy (non-hydrogen) atoms. The van der Waals surface area contributed by atoms with E-state index in [0.717, 1.165) is 43.9 Å². The predicted molar refractivity (Wildman–Crippen MR) is 94.0 cm³/mol. The highest BCUT2D eigenvalue weighted by atomic mass is 16.5. The van der Waals surface area contributed by atoms with E-state index < -0.39 is 6.10 Å². The molecule has 3 rings (SSSR count). The molecule has 0 amide bonds. The van der Waals surface area contributed by atoms with Crippen molar-refractivity contribution < 1.29 is 9.84 Å². The summed E-state index contributed by atoms with van der Waals surface area (Å²) < 4.78 is 5.77. The number of rotatable bonds is 6.